The Hall–Kier alpha value is -0.120. The Kier molecular flexibility index (Phi) is 5.58. The minimum atomic E-state index is -0.191. The Balaban J connectivity index is 2.14. The first-order valence-electron chi connectivity index (χ1n) is 6.03. The normalized spacial score (nSPS) is 22.4. The fourth-order valence-corrected chi connectivity index (χ4v) is 2.06. The summed E-state index contributed by atoms with van der Waals surface area (Å²) in [7, 11) is 1.76. The number of ether oxygens (including phenoxy) is 1. The summed E-state index contributed by atoms with van der Waals surface area (Å²) in [6.07, 6.45) is 3.36. The highest BCUT2D eigenvalue weighted by atomic mass is 16.5. The summed E-state index contributed by atoms with van der Waals surface area (Å²) >= 11 is 0. The lowest BCUT2D eigenvalue weighted by Gasteiger charge is -2.21. The number of aliphatic hydroxyl groups excluding tert-OH is 1. The van der Waals surface area contributed by atoms with Crippen LogP contribution in [-0.4, -0.2) is 37.5 Å². The molecule has 15 heavy (non-hydrogen) atoms. The van der Waals surface area contributed by atoms with Gasteiger partial charge in [0.25, 0.3) is 0 Å². The summed E-state index contributed by atoms with van der Waals surface area (Å²) in [6, 6.07) is 0.520. The van der Waals surface area contributed by atoms with E-state index in [4.69, 9.17) is 4.74 Å². The van der Waals surface area contributed by atoms with Crippen LogP contribution in [-0.2, 0) is 4.74 Å². The molecular formula is C12H25NO2. The average Bonchev–Trinajstić information content (AvgIpc) is 2.94. The largest absolute Gasteiger partial charge is 0.393 e. The maximum absolute atomic E-state index is 9.26. The molecule has 0 radical (unpaired) electrons. The Morgan fingerprint density at radius 3 is 2.53 bits per heavy atom. The van der Waals surface area contributed by atoms with Crippen LogP contribution in [0.25, 0.3) is 0 Å². The summed E-state index contributed by atoms with van der Waals surface area (Å²) in [5.41, 5.74) is 0. The van der Waals surface area contributed by atoms with E-state index in [0.29, 0.717) is 12.0 Å². The Morgan fingerprint density at radius 1 is 1.40 bits per heavy atom. The van der Waals surface area contributed by atoms with Crippen molar-refractivity contribution in [3.8, 4) is 0 Å². The van der Waals surface area contributed by atoms with Gasteiger partial charge in [-0.15, -0.1) is 0 Å². The third kappa shape index (κ3) is 5.50. The van der Waals surface area contributed by atoms with Crippen molar-refractivity contribution in [2.75, 3.05) is 20.3 Å². The van der Waals surface area contributed by atoms with Gasteiger partial charge in [0.15, 0.2) is 0 Å². The number of methoxy groups -OCH3 is 1. The summed E-state index contributed by atoms with van der Waals surface area (Å²) in [4.78, 5) is 0. The quantitative estimate of drug-likeness (QED) is 0.643. The van der Waals surface area contributed by atoms with Crippen LogP contribution >= 0.6 is 0 Å². The molecule has 0 aliphatic heterocycles. The van der Waals surface area contributed by atoms with E-state index in [2.05, 4.69) is 12.2 Å². The Labute approximate surface area is 93.2 Å². The van der Waals surface area contributed by atoms with Crippen LogP contribution in [0.15, 0.2) is 0 Å². The van der Waals surface area contributed by atoms with Crippen LogP contribution in [0.2, 0.25) is 0 Å². The standard InChI is InChI=1S/C12H25NO2/c1-9(6-10(2)14)7-13-12(8-15-3)11-4-5-11/h9-14H,4-8H2,1-3H3. The van der Waals surface area contributed by atoms with Gasteiger partial charge < -0.3 is 15.2 Å². The second kappa shape index (κ2) is 6.46. The zero-order chi connectivity index (χ0) is 11.3. The lowest BCUT2D eigenvalue weighted by Crippen LogP contribution is -2.38. The van der Waals surface area contributed by atoms with Crippen molar-refractivity contribution < 1.29 is 9.84 Å². The van der Waals surface area contributed by atoms with E-state index in [-0.39, 0.29) is 6.10 Å². The molecule has 3 heteroatoms. The molecule has 0 spiro atoms. The molecule has 0 aromatic carbocycles. The zero-order valence-corrected chi connectivity index (χ0v) is 10.2. The van der Waals surface area contributed by atoms with Crippen LogP contribution in [0.4, 0.5) is 0 Å². The molecule has 1 saturated carbocycles. The summed E-state index contributed by atoms with van der Waals surface area (Å²) < 4.78 is 5.21. The van der Waals surface area contributed by atoms with Gasteiger partial charge in [-0.3, -0.25) is 0 Å². The molecule has 0 bridgehead atoms. The summed E-state index contributed by atoms with van der Waals surface area (Å²) in [5, 5.41) is 12.8. The molecule has 0 aromatic rings. The van der Waals surface area contributed by atoms with Crippen LogP contribution in [0.3, 0.4) is 0 Å². The molecule has 1 aliphatic rings. The van der Waals surface area contributed by atoms with Crippen molar-refractivity contribution >= 4 is 0 Å². The van der Waals surface area contributed by atoms with Crippen LogP contribution < -0.4 is 5.32 Å². The van der Waals surface area contributed by atoms with Crippen LogP contribution in [0.5, 0.6) is 0 Å². The van der Waals surface area contributed by atoms with Crippen molar-refractivity contribution in [3.05, 3.63) is 0 Å². The molecule has 90 valence electrons. The van der Waals surface area contributed by atoms with Gasteiger partial charge in [-0.2, -0.15) is 0 Å². The number of hydrogen-bond donors (Lipinski definition) is 2. The van der Waals surface area contributed by atoms with Gasteiger partial charge in [0.05, 0.1) is 12.7 Å². The lowest BCUT2D eigenvalue weighted by atomic mass is 10.0. The third-order valence-electron chi connectivity index (χ3n) is 3.01. The van der Waals surface area contributed by atoms with Crippen LogP contribution in [0.1, 0.15) is 33.1 Å². The van der Waals surface area contributed by atoms with E-state index in [1.807, 2.05) is 6.92 Å². The fourth-order valence-electron chi connectivity index (χ4n) is 2.06. The Morgan fingerprint density at radius 2 is 2.07 bits per heavy atom. The molecular weight excluding hydrogens is 190 g/mol. The topological polar surface area (TPSA) is 41.5 Å². The first-order valence-corrected chi connectivity index (χ1v) is 6.03. The minimum Gasteiger partial charge on any atom is -0.393 e. The smallest absolute Gasteiger partial charge is 0.0618 e. The van der Waals surface area contributed by atoms with E-state index in [9.17, 15) is 5.11 Å². The van der Waals surface area contributed by atoms with E-state index in [1.165, 1.54) is 12.8 Å². The van der Waals surface area contributed by atoms with Gasteiger partial charge in [0.2, 0.25) is 0 Å². The maximum atomic E-state index is 9.26. The molecule has 1 aliphatic carbocycles. The lowest BCUT2D eigenvalue weighted by molar-refractivity contribution is 0.144. The first-order chi connectivity index (χ1) is 7.13. The number of hydrogen-bond acceptors (Lipinski definition) is 3. The second-order valence-electron chi connectivity index (χ2n) is 5.00. The highest BCUT2D eigenvalue weighted by molar-refractivity contribution is 4.86. The van der Waals surface area contributed by atoms with Crippen molar-refractivity contribution in [1.29, 1.82) is 0 Å². The third-order valence-corrected chi connectivity index (χ3v) is 3.01. The predicted molar refractivity (Wildman–Crippen MR) is 61.9 cm³/mol. The molecule has 0 aromatic heterocycles. The maximum Gasteiger partial charge on any atom is 0.0618 e. The fraction of sp³-hybridized carbons (Fsp3) is 1.00. The summed E-state index contributed by atoms with van der Waals surface area (Å²) in [6.45, 7) is 5.82. The number of rotatable bonds is 8. The zero-order valence-electron chi connectivity index (χ0n) is 10.2. The molecule has 3 atom stereocenters. The van der Waals surface area contributed by atoms with Gasteiger partial charge in [-0.05, 0) is 44.6 Å². The van der Waals surface area contributed by atoms with E-state index >= 15 is 0 Å². The molecule has 0 heterocycles. The summed E-state index contributed by atoms with van der Waals surface area (Å²) in [5.74, 6) is 1.35. The molecule has 0 amide bonds. The molecule has 2 N–H and O–H groups in total. The minimum absolute atomic E-state index is 0.191. The Bertz CT molecular complexity index is 169. The monoisotopic (exact) mass is 215 g/mol. The molecule has 1 fully saturated rings. The number of aliphatic hydroxyl groups is 1. The molecule has 0 saturated heterocycles. The highest BCUT2D eigenvalue weighted by Gasteiger charge is 2.30. The van der Waals surface area contributed by atoms with Crippen molar-refractivity contribution in [1.82, 2.24) is 5.32 Å². The molecule has 1 rings (SSSR count). The van der Waals surface area contributed by atoms with E-state index in [0.717, 1.165) is 25.5 Å². The van der Waals surface area contributed by atoms with Crippen LogP contribution in [0, 0.1) is 11.8 Å². The second-order valence-corrected chi connectivity index (χ2v) is 5.00. The van der Waals surface area contributed by atoms with Gasteiger partial charge >= 0.3 is 0 Å². The van der Waals surface area contributed by atoms with Crippen molar-refractivity contribution in [3.63, 3.8) is 0 Å². The van der Waals surface area contributed by atoms with Gasteiger partial charge in [0.1, 0.15) is 0 Å². The van der Waals surface area contributed by atoms with E-state index in [1.54, 1.807) is 7.11 Å². The first kappa shape index (κ1) is 12.9. The molecule has 3 unspecified atom stereocenters. The average molecular weight is 215 g/mol. The van der Waals surface area contributed by atoms with Gasteiger partial charge in [-0.1, -0.05) is 6.92 Å². The van der Waals surface area contributed by atoms with Crippen molar-refractivity contribution in [2.24, 2.45) is 11.8 Å². The highest BCUT2D eigenvalue weighted by Crippen LogP contribution is 2.32. The SMILES string of the molecule is COCC(NCC(C)CC(C)O)C1CC1. The van der Waals surface area contributed by atoms with Crippen molar-refractivity contribution in [2.45, 2.75) is 45.3 Å². The predicted octanol–water partition coefficient (Wildman–Crippen LogP) is 1.41. The van der Waals surface area contributed by atoms with E-state index < -0.39 is 0 Å². The van der Waals surface area contributed by atoms with Gasteiger partial charge in [0, 0.05) is 13.2 Å². The number of nitrogens with one attached hydrogen (secondary N) is 1. The van der Waals surface area contributed by atoms with Gasteiger partial charge in [-0.25, -0.2) is 0 Å². The molecule has 3 nitrogen and oxygen atoms in total.